The van der Waals surface area contributed by atoms with Gasteiger partial charge in [0.25, 0.3) is 0 Å². The number of aromatic nitrogens is 3. The Bertz CT molecular complexity index is 1420. The third kappa shape index (κ3) is 6.48. The maximum atomic E-state index is 4.75. The number of aliphatic imine (C=N–C) groups is 1. The molecule has 0 atom stereocenters. The highest BCUT2D eigenvalue weighted by atomic mass is 14.8. The second-order valence-corrected chi connectivity index (χ2v) is 7.29. The molecule has 1 aromatic carbocycles. The zero-order chi connectivity index (χ0) is 25.0. The summed E-state index contributed by atoms with van der Waals surface area (Å²) < 4.78 is 0. The largest absolute Gasteiger partial charge is 0.255 e. The Hall–Kier alpha value is -5.06. The Kier molecular flexibility index (Phi) is 8.60. The number of terminal acetylenes is 1. The van der Waals surface area contributed by atoms with Crippen molar-refractivity contribution in [1.29, 1.82) is 0 Å². The SMILES string of the molecule is C#C.C=CN=C(C=C)c1cc(-c2ccc(C#Cc3ccc(C)cc3)nc2)cc(-c2ccccn2)n1. The molecule has 3 aromatic heterocycles. The first kappa shape index (κ1) is 24.6. The van der Waals surface area contributed by atoms with E-state index in [1.165, 1.54) is 11.8 Å². The van der Waals surface area contributed by atoms with Crippen LogP contribution in [0.5, 0.6) is 0 Å². The normalized spacial score (nSPS) is 10.2. The van der Waals surface area contributed by atoms with Crippen LogP contribution in [0.4, 0.5) is 0 Å². The summed E-state index contributed by atoms with van der Waals surface area (Å²) in [5.74, 6) is 6.28. The quantitative estimate of drug-likeness (QED) is 0.264. The van der Waals surface area contributed by atoms with E-state index in [9.17, 15) is 0 Å². The average molecular weight is 453 g/mol. The van der Waals surface area contributed by atoms with Crippen molar-refractivity contribution in [1.82, 2.24) is 15.0 Å². The molecule has 4 rings (SSSR count). The Labute approximate surface area is 206 Å². The van der Waals surface area contributed by atoms with Crippen molar-refractivity contribution in [3.8, 4) is 47.2 Å². The van der Waals surface area contributed by atoms with Gasteiger partial charge in [-0.2, -0.15) is 0 Å². The van der Waals surface area contributed by atoms with Gasteiger partial charge in [0.2, 0.25) is 0 Å². The van der Waals surface area contributed by atoms with Crippen molar-refractivity contribution < 1.29 is 0 Å². The first-order valence-electron chi connectivity index (χ1n) is 10.8. The Balaban J connectivity index is 0.00000167. The third-order valence-corrected chi connectivity index (χ3v) is 4.92. The molecule has 0 aliphatic carbocycles. The molecule has 168 valence electrons. The fourth-order valence-electron chi connectivity index (χ4n) is 3.21. The van der Waals surface area contributed by atoms with E-state index >= 15 is 0 Å². The van der Waals surface area contributed by atoms with Crippen molar-refractivity contribution >= 4 is 5.71 Å². The summed E-state index contributed by atoms with van der Waals surface area (Å²) in [5.41, 5.74) is 7.61. The first-order valence-corrected chi connectivity index (χ1v) is 10.8. The molecule has 4 aromatic rings. The number of rotatable bonds is 5. The van der Waals surface area contributed by atoms with E-state index in [1.54, 1.807) is 12.3 Å². The molecule has 0 saturated carbocycles. The van der Waals surface area contributed by atoms with Crippen molar-refractivity contribution in [2.24, 2.45) is 4.99 Å². The van der Waals surface area contributed by atoms with Crippen molar-refractivity contribution in [2.75, 3.05) is 0 Å². The molecule has 0 bridgehead atoms. The van der Waals surface area contributed by atoms with E-state index in [2.05, 4.69) is 59.7 Å². The predicted molar refractivity (Wildman–Crippen MR) is 145 cm³/mol. The smallest absolute Gasteiger partial charge is 0.113 e. The van der Waals surface area contributed by atoms with Crippen molar-refractivity contribution in [3.05, 3.63) is 127 Å². The van der Waals surface area contributed by atoms with Crippen LogP contribution in [0.1, 0.15) is 22.5 Å². The number of allylic oxidation sites excluding steroid dienone is 1. The number of aryl methyl sites for hydroxylation is 1. The highest BCUT2D eigenvalue weighted by molar-refractivity contribution is 6.08. The van der Waals surface area contributed by atoms with Gasteiger partial charge in [0.15, 0.2) is 0 Å². The Morgan fingerprint density at radius 3 is 2.31 bits per heavy atom. The van der Waals surface area contributed by atoms with Crippen LogP contribution in [-0.4, -0.2) is 20.7 Å². The fraction of sp³-hybridized carbons (Fsp3) is 0.0323. The standard InChI is InChI=1S/C29H22N4.C2H2/c1-4-26(30-5-2)28-18-24(19-29(33-28)27-8-6-7-17-31-27)23-14-16-25(32-20-23)15-13-22-11-9-21(3)10-12-22;1-2/h4-12,14,16-20H,1-2H2,3H3;1-2H. The van der Waals surface area contributed by atoms with E-state index in [0.717, 1.165) is 28.1 Å². The lowest BCUT2D eigenvalue weighted by Gasteiger charge is -2.09. The summed E-state index contributed by atoms with van der Waals surface area (Å²) >= 11 is 0. The number of nitrogens with zero attached hydrogens (tertiary/aromatic N) is 4. The molecule has 0 aliphatic heterocycles. The molecule has 3 heterocycles. The number of hydrogen-bond acceptors (Lipinski definition) is 4. The molecule has 0 amide bonds. The molecule has 4 nitrogen and oxygen atoms in total. The maximum absolute atomic E-state index is 4.75. The minimum absolute atomic E-state index is 0.637. The number of pyridine rings is 3. The lowest BCUT2D eigenvalue weighted by atomic mass is 10.0. The molecule has 0 radical (unpaired) electrons. The van der Waals surface area contributed by atoms with Crippen LogP contribution in [0.25, 0.3) is 22.5 Å². The van der Waals surface area contributed by atoms with Gasteiger partial charge in [-0.05, 0) is 66.9 Å². The molecular weight excluding hydrogens is 428 g/mol. The molecule has 0 fully saturated rings. The zero-order valence-electron chi connectivity index (χ0n) is 19.5. The summed E-state index contributed by atoms with van der Waals surface area (Å²) in [4.78, 5) is 18.0. The van der Waals surface area contributed by atoms with E-state index in [-0.39, 0.29) is 0 Å². The first-order chi connectivity index (χ1) is 17.2. The number of benzene rings is 1. The summed E-state index contributed by atoms with van der Waals surface area (Å²) in [5, 5.41) is 0. The van der Waals surface area contributed by atoms with Crippen LogP contribution >= 0.6 is 0 Å². The summed E-state index contributed by atoms with van der Waals surface area (Å²) in [6.45, 7) is 9.61. The molecule has 0 unspecified atom stereocenters. The molecule has 0 spiro atoms. The lowest BCUT2D eigenvalue weighted by Crippen LogP contribution is -2.02. The van der Waals surface area contributed by atoms with E-state index in [4.69, 9.17) is 4.98 Å². The van der Waals surface area contributed by atoms with E-state index in [1.807, 2.05) is 72.9 Å². The van der Waals surface area contributed by atoms with E-state index < -0.39 is 0 Å². The second kappa shape index (κ2) is 12.3. The van der Waals surface area contributed by atoms with Crippen LogP contribution < -0.4 is 0 Å². The third-order valence-electron chi connectivity index (χ3n) is 4.92. The topological polar surface area (TPSA) is 51.0 Å². The lowest BCUT2D eigenvalue weighted by molar-refractivity contribution is 1.23. The van der Waals surface area contributed by atoms with E-state index in [0.29, 0.717) is 17.1 Å². The maximum Gasteiger partial charge on any atom is 0.113 e. The van der Waals surface area contributed by atoms with Crippen LogP contribution in [0.3, 0.4) is 0 Å². The zero-order valence-corrected chi connectivity index (χ0v) is 19.5. The average Bonchev–Trinajstić information content (AvgIpc) is 2.93. The molecule has 0 saturated heterocycles. The monoisotopic (exact) mass is 452 g/mol. The molecule has 0 N–H and O–H groups in total. The number of hydrogen-bond donors (Lipinski definition) is 0. The fourth-order valence-corrected chi connectivity index (χ4v) is 3.21. The summed E-state index contributed by atoms with van der Waals surface area (Å²) in [6.07, 6.45) is 14.7. The van der Waals surface area contributed by atoms with Gasteiger partial charge in [0.1, 0.15) is 5.69 Å². The van der Waals surface area contributed by atoms with Gasteiger partial charge in [-0.15, -0.1) is 12.8 Å². The predicted octanol–water partition coefficient (Wildman–Crippen LogP) is 6.28. The highest BCUT2D eigenvalue weighted by Crippen LogP contribution is 2.25. The van der Waals surface area contributed by atoms with Gasteiger partial charge < -0.3 is 0 Å². The van der Waals surface area contributed by atoms with Crippen LogP contribution in [0, 0.1) is 31.6 Å². The Morgan fingerprint density at radius 2 is 1.69 bits per heavy atom. The van der Waals surface area contributed by atoms with Crippen molar-refractivity contribution in [2.45, 2.75) is 6.92 Å². The van der Waals surface area contributed by atoms with Gasteiger partial charge in [-0.3, -0.25) is 9.98 Å². The second-order valence-electron chi connectivity index (χ2n) is 7.29. The summed E-state index contributed by atoms with van der Waals surface area (Å²) in [6, 6.07) is 21.7. The summed E-state index contributed by atoms with van der Waals surface area (Å²) in [7, 11) is 0. The van der Waals surface area contributed by atoms with Gasteiger partial charge in [-0.25, -0.2) is 9.97 Å². The van der Waals surface area contributed by atoms with Crippen LogP contribution in [0.15, 0.2) is 110 Å². The minimum Gasteiger partial charge on any atom is -0.255 e. The van der Waals surface area contributed by atoms with Gasteiger partial charge in [-0.1, -0.05) is 48.9 Å². The van der Waals surface area contributed by atoms with Crippen molar-refractivity contribution in [3.63, 3.8) is 0 Å². The highest BCUT2D eigenvalue weighted by Gasteiger charge is 2.11. The molecule has 35 heavy (non-hydrogen) atoms. The van der Waals surface area contributed by atoms with Gasteiger partial charge >= 0.3 is 0 Å². The molecule has 4 heteroatoms. The minimum atomic E-state index is 0.637. The molecule has 0 aliphatic rings. The molecular formula is C31H24N4. The van der Waals surface area contributed by atoms with Crippen LogP contribution in [-0.2, 0) is 0 Å². The van der Waals surface area contributed by atoms with Gasteiger partial charge in [0.05, 0.1) is 22.8 Å². The van der Waals surface area contributed by atoms with Gasteiger partial charge in [0, 0.05) is 29.7 Å². The Morgan fingerprint density at radius 1 is 0.886 bits per heavy atom. The van der Waals surface area contributed by atoms with Crippen LogP contribution in [0.2, 0.25) is 0 Å².